The molecule has 6 heteroatoms. The van der Waals surface area contributed by atoms with Crippen LogP contribution in [-0.2, 0) is 4.84 Å². The van der Waals surface area contributed by atoms with Crippen LogP contribution in [0.2, 0.25) is 5.02 Å². The molecule has 0 saturated heterocycles. The van der Waals surface area contributed by atoms with E-state index in [1.54, 1.807) is 0 Å². The predicted molar refractivity (Wildman–Crippen MR) is 48.7 cm³/mol. The summed E-state index contributed by atoms with van der Waals surface area (Å²) >= 11 is 5.60. The predicted octanol–water partition coefficient (Wildman–Crippen LogP) is 2.01. The van der Waals surface area contributed by atoms with Crippen molar-refractivity contribution in [3.8, 4) is 0 Å². The van der Waals surface area contributed by atoms with Crippen LogP contribution in [0.15, 0.2) is 18.2 Å². The highest BCUT2D eigenvalue weighted by molar-refractivity contribution is 6.33. The second-order valence-corrected chi connectivity index (χ2v) is 2.82. The van der Waals surface area contributed by atoms with E-state index in [4.69, 9.17) is 16.7 Å². The SMILES string of the molecule is CO[N+](=O)c1ccc(Cl)c(C(=O)O)c1. The monoisotopic (exact) mass is 216 g/mol. The van der Waals surface area contributed by atoms with Crippen molar-refractivity contribution < 1.29 is 19.7 Å². The van der Waals surface area contributed by atoms with E-state index < -0.39 is 5.97 Å². The van der Waals surface area contributed by atoms with Gasteiger partial charge in [-0.15, -0.1) is 0 Å². The Morgan fingerprint density at radius 2 is 2.21 bits per heavy atom. The zero-order chi connectivity index (χ0) is 10.7. The lowest BCUT2D eigenvalue weighted by molar-refractivity contribution is -0.736. The van der Waals surface area contributed by atoms with E-state index in [1.807, 2.05) is 0 Å². The topological polar surface area (TPSA) is 66.6 Å². The molecule has 0 radical (unpaired) electrons. The number of benzene rings is 1. The Labute approximate surface area is 84.4 Å². The first kappa shape index (κ1) is 10.5. The molecule has 0 fully saturated rings. The fourth-order valence-electron chi connectivity index (χ4n) is 0.896. The lowest BCUT2D eigenvalue weighted by atomic mass is 10.2. The molecule has 0 atom stereocenters. The van der Waals surface area contributed by atoms with Gasteiger partial charge in [0.25, 0.3) is 4.92 Å². The number of halogens is 1. The number of nitrogens with zero attached hydrogens (tertiary/aromatic N) is 1. The van der Waals surface area contributed by atoms with Crippen LogP contribution in [0, 0.1) is 4.91 Å². The number of carbonyl (C=O) groups is 1. The summed E-state index contributed by atoms with van der Waals surface area (Å²) in [7, 11) is 1.18. The molecule has 0 aliphatic heterocycles. The van der Waals surface area contributed by atoms with Crippen molar-refractivity contribution in [1.82, 2.24) is 0 Å². The highest BCUT2D eigenvalue weighted by Crippen LogP contribution is 2.22. The minimum atomic E-state index is -1.19. The van der Waals surface area contributed by atoms with Gasteiger partial charge in [-0.3, -0.25) is 0 Å². The number of hydrogen-bond acceptors (Lipinski definition) is 3. The van der Waals surface area contributed by atoms with E-state index in [0.29, 0.717) is 0 Å². The molecule has 1 rings (SSSR count). The summed E-state index contributed by atoms with van der Waals surface area (Å²) in [5, 5.41) is 8.77. The number of rotatable bonds is 3. The van der Waals surface area contributed by atoms with Gasteiger partial charge in [0.05, 0.1) is 15.5 Å². The minimum absolute atomic E-state index is 0.0748. The third-order valence-corrected chi connectivity index (χ3v) is 1.89. The van der Waals surface area contributed by atoms with Gasteiger partial charge in [0.15, 0.2) is 7.11 Å². The summed E-state index contributed by atoms with van der Waals surface area (Å²) in [5.74, 6) is -1.19. The molecular weight excluding hydrogens is 210 g/mol. The quantitative estimate of drug-likeness (QED) is 0.785. The van der Waals surface area contributed by atoms with Crippen molar-refractivity contribution in [3.63, 3.8) is 0 Å². The Kier molecular flexibility index (Phi) is 3.03. The molecule has 74 valence electrons. The zero-order valence-electron chi connectivity index (χ0n) is 7.23. The van der Waals surface area contributed by atoms with Crippen LogP contribution in [-0.4, -0.2) is 23.1 Å². The summed E-state index contributed by atoms with van der Waals surface area (Å²) in [6, 6.07) is 3.83. The summed E-state index contributed by atoms with van der Waals surface area (Å²) in [4.78, 5) is 26.1. The molecule has 0 amide bonds. The summed E-state index contributed by atoms with van der Waals surface area (Å²) in [6.07, 6.45) is 0. The van der Waals surface area contributed by atoms with E-state index in [9.17, 15) is 9.70 Å². The lowest BCUT2D eigenvalue weighted by Gasteiger charge is -1.96. The third kappa shape index (κ3) is 2.00. The van der Waals surface area contributed by atoms with Gasteiger partial charge in [0.1, 0.15) is 0 Å². The van der Waals surface area contributed by atoms with Gasteiger partial charge < -0.3 is 5.11 Å². The van der Waals surface area contributed by atoms with Gasteiger partial charge in [-0.2, -0.15) is 0 Å². The van der Waals surface area contributed by atoms with Crippen LogP contribution < -0.4 is 0 Å². The lowest BCUT2D eigenvalue weighted by Crippen LogP contribution is -2.02. The first-order valence-electron chi connectivity index (χ1n) is 3.60. The Bertz CT molecular complexity index is 391. The van der Waals surface area contributed by atoms with Crippen LogP contribution in [0.5, 0.6) is 0 Å². The number of hydrogen-bond donors (Lipinski definition) is 1. The maximum Gasteiger partial charge on any atom is 0.337 e. The average Bonchev–Trinajstić information content (AvgIpc) is 2.17. The van der Waals surface area contributed by atoms with Crippen LogP contribution in [0.25, 0.3) is 0 Å². The Hall–Kier alpha value is -1.62. The molecule has 14 heavy (non-hydrogen) atoms. The first-order chi connectivity index (χ1) is 6.56. The van der Waals surface area contributed by atoms with E-state index in [-0.39, 0.29) is 21.2 Å². The summed E-state index contributed by atoms with van der Waals surface area (Å²) in [5.41, 5.74) is -0.0589. The highest BCUT2D eigenvalue weighted by atomic mass is 35.5. The Balaban J connectivity index is 3.19. The molecule has 1 aromatic rings. The van der Waals surface area contributed by atoms with Crippen LogP contribution >= 0.6 is 11.6 Å². The van der Waals surface area contributed by atoms with Crippen molar-refractivity contribution in [2.75, 3.05) is 7.11 Å². The van der Waals surface area contributed by atoms with Gasteiger partial charge in [0, 0.05) is 12.1 Å². The Morgan fingerprint density at radius 3 is 2.71 bits per heavy atom. The smallest absolute Gasteiger partial charge is 0.337 e. The van der Waals surface area contributed by atoms with Gasteiger partial charge >= 0.3 is 11.7 Å². The largest absolute Gasteiger partial charge is 0.478 e. The molecule has 1 aromatic carbocycles. The maximum absolute atomic E-state index is 11.0. The normalized spacial score (nSPS) is 9.57. The fourth-order valence-corrected chi connectivity index (χ4v) is 1.09. The van der Waals surface area contributed by atoms with Gasteiger partial charge in [0.2, 0.25) is 0 Å². The van der Waals surface area contributed by atoms with Crippen molar-refractivity contribution in [1.29, 1.82) is 0 Å². The molecular formula is C8H7ClNO4+. The second kappa shape index (κ2) is 4.06. The van der Waals surface area contributed by atoms with Gasteiger partial charge in [-0.05, 0) is 6.07 Å². The molecule has 0 heterocycles. The molecule has 0 aromatic heterocycles. The molecule has 1 N–H and O–H groups in total. The number of carboxylic acid groups (broad SMARTS) is 1. The second-order valence-electron chi connectivity index (χ2n) is 2.41. The summed E-state index contributed by atoms with van der Waals surface area (Å²) < 4.78 is 0. The van der Waals surface area contributed by atoms with E-state index in [2.05, 4.69) is 4.84 Å². The third-order valence-electron chi connectivity index (χ3n) is 1.56. The highest BCUT2D eigenvalue weighted by Gasteiger charge is 2.19. The Morgan fingerprint density at radius 1 is 1.57 bits per heavy atom. The van der Waals surface area contributed by atoms with Crippen LogP contribution in [0.4, 0.5) is 5.69 Å². The minimum Gasteiger partial charge on any atom is -0.478 e. The maximum atomic E-state index is 11.0. The zero-order valence-corrected chi connectivity index (χ0v) is 7.99. The molecule has 0 saturated carbocycles. The molecule has 0 unspecified atom stereocenters. The standard InChI is InChI=1S/C8H6ClNO4/c1-14-10(13)5-2-3-7(9)6(4-5)8(11)12/h2-4H,1H3/p+1. The van der Waals surface area contributed by atoms with Gasteiger partial charge in [-0.1, -0.05) is 11.6 Å². The van der Waals surface area contributed by atoms with E-state index in [0.717, 1.165) is 6.07 Å². The number of aromatic carboxylic acids is 1. The molecule has 5 nitrogen and oxygen atoms in total. The molecule has 0 bridgehead atoms. The van der Waals surface area contributed by atoms with E-state index in [1.165, 1.54) is 19.2 Å². The van der Waals surface area contributed by atoms with Crippen molar-refractivity contribution >= 4 is 23.3 Å². The average molecular weight is 217 g/mol. The molecule has 0 aliphatic carbocycles. The molecule has 0 aliphatic rings. The van der Waals surface area contributed by atoms with Crippen molar-refractivity contribution in [2.24, 2.45) is 0 Å². The van der Waals surface area contributed by atoms with E-state index >= 15 is 0 Å². The molecule has 0 spiro atoms. The van der Waals surface area contributed by atoms with Gasteiger partial charge in [-0.25, -0.2) is 9.63 Å². The van der Waals surface area contributed by atoms with Crippen LogP contribution in [0.3, 0.4) is 0 Å². The number of carboxylic acids is 1. The van der Waals surface area contributed by atoms with Crippen molar-refractivity contribution in [3.05, 3.63) is 33.7 Å². The van der Waals surface area contributed by atoms with Crippen molar-refractivity contribution in [2.45, 2.75) is 0 Å². The summed E-state index contributed by atoms with van der Waals surface area (Å²) in [6.45, 7) is 0. The first-order valence-corrected chi connectivity index (χ1v) is 3.98. The fraction of sp³-hybridized carbons (Fsp3) is 0.125. The van der Waals surface area contributed by atoms with Crippen LogP contribution in [0.1, 0.15) is 10.4 Å².